The van der Waals surface area contributed by atoms with Gasteiger partial charge in [-0.2, -0.15) is 0 Å². The lowest BCUT2D eigenvalue weighted by Crippen LogP contribution is -2.26. The third kappa shape index (κ3) is 3.34. The molecule has 124 valence electrons. The number of benzene rings is 2. The van der Waals surface area contributed by atoms with Crippen molar-refractivity contribution in [2.75, 3.05) is 13.7 Å². The molecular formula is C20H21NO3. The molecule has 1 saturated heterocycles. The Morgan fingerprint density at radius 1 is 1.17 bits per heavy atom. The van der Waals surface area contributed by atoms with E-state index in [1.807, 2.05) is 48.5 Å². The second-order valence-electron chi connectivity index (χ2n) is 5.73. The minimum absolute atomic E-state index is 0.0646. The summed E-state index contributed by atoms with van der Waals surface area (Å²) in [4.78, 5) is 13.9. The molecule has 2 atom stereocenters. The van der Waals surface area contributed by atoms with Crippen LogP contribution < -0.4 is 0 Å². The predicted molar refractivity (Wildman–Crippen MR) is 91.9 cm³/mol. The number of nitrogens with zero attached hydrogens (tertiary/aromatic N) is 1. The fraction of sp³-hybridized carbons (Fsp3) is 0.250. The molecule has 4 nitrogen and oxygen atoms in total. The van der Waals surface area contributed by atoms with Gasteiger partial charge in [0.25, 0.3) is 0 Å². The minimum Gasteiger partial charge on any atom is -0.466 e. The van der Waals surface area contributed by atoms with Crippen LogP contribution in [0, 0.1) is 0 Å². The van der Waals surface area contributed by atoms with Gasteiger partial charge in [-0.15, -0.1) is 0 Å². The molecule has 2 aromatic carbocycles. The van der Waals surface area contributed by atoms with Crippen LogP contribution in [0.3, 0.4) is 0 Å². The summed E-state index contributed by atoms with van der Waals surface area (Å²) in [7, 11) is 1.38. The SMILES string of the molecule is COC(=O)/C=C1\COC(c2ccccc2)N1[C@@H](C)c1ccccc1. The van der Waals surface area contributed by atoms with Crippen molar-refractivity contribution >= 4 is 5.97 Å². The number of hydrogen-bond donors (Lipinski definition) is 0. The highest BCUT2D eigenvalue weighted by Gasteiger charge is 2.34. The lowest BCUT2D eigenvalue weighted by atomic mass is 10.0. The molecule has 0 radical (unpaired) electrons. The van der Waals surface area contributed by atoms with Gasteiger partial charge in [0, 0.05) is 17.3 Å². The Morgan fingerprint density at radius 2 is 1.79 bits per heavy atom. The van der Waals surface area contributed by atoms with E-state index in [4.69, 9.17) is 9.47 Å². The third-order valence-corrected chi connectivity index (χ3v) is 4.24. The summed E-state index contributed by atoms with van der Waals surface area (Å²) in [5.74, 6) is -0.368. The van der Waals surface area contributed by atoms with Gasteiger partial charge in [0.1, 0.15) is 0 Å². The second-order valence-corrected chi connectivity index (χ2v) is 5.73. The van der Waals surface area contributed by atoms with Gasteiger partial charge in [-0.25, -0.2) is 4.79 Å². The zero-order chi connectivity index (χ0) is 16.9. The van der Waals surface area contributed by atoms with Crippen LogP contribution in [0.25, 0.3) is 0 Å². The number of rotatable bonds is 4. The molecule has 0 N–H and O–H groups in total. The van der Waals surface area contributed by atoms with Crippen molar-refractivity contribution in [3.05, 3.63) is 83.6 Å². The maximum absolute atomic E-state index is 11.7. The van der Waals surface area contributed by atoms with Crippen molar-refractivity contribution in [2.24, 2.45) is 0 Å². The van der Waals surface area contributed by atoms with Crippen LogP contribution in [-0.4, -0.2) is 24.6 Å². The van der Waals surface area contributed by atoms with Crippen molar-refractivity contribution in [1.29, 1.82) is 0 Å². The van der Waals surface area contributed by atoms with E-state index in [-0.39, 0.29) is 18.2 Å². The van der Waals surface area contributed by atoms with Crippen molar-refractivity contribution in [1.82, 2.24) is 4.90 Å². The first-order chi connectivity index (χ1) is 11.7. The fourth-order valence-corrected chi connectivity index (χ4v) is 3.00. The first-order valence-corrected chi connectivity index (χ1v) is 7.99. The van der Waals surface area contributed by atoms with Crippen LogP contribution in [0.2, 0.25) is 0 Å². The molecule has 1 heterocycles. The van der Waals surface area contributed by atoms with E-state index >= 15 is 0 Å². The third-order valence-electron chi connectivity index (χ3n) is 4.24. The highest BCUT2D eigenvalue weighted by molar-refractivity contribution is 5.82. The Kier molecular flexibility index (Phi) is 4.96. The van der Waals surface area contributed by atoms with E-state index in [1.165, 1.54) is 18.7 Å². The van der Waals surface area contributed by atoms with Crippen LogP contribution >= 0.6 is 0 Å². The zero-order valence-electron chi connectivity index (χ0n) is 13.9. The summed E-state index contributed by atoms with van der Waals surface area (Å²) in [6, 6.07) is 20.3. The molecule has 24 heavy (non-hydrogen) atoms. The summed E-state index contributed by atoms with van der Waals surface area (Å²) in [6.07, 6.45) is 1.29. The largest absolute Gasteiger partial charge is 0.466 e. The first kappa shape index (κ1) is 16.3. The Balaban J connectivity index is 1.98. The van der Waals surface area contributed by atoms with E-state index < -0.39 is 0 Å². The lowest BCUT2D eigenvalue weighted by Gasteiger charge is -2.32. The summed E-state index contributed by atoms with van der Waals surface area (Å²) in [5, 5.41) is 0. The van der Waals surface area contributed by atoms with Gasteiger partial charge in [0.05, 0.1) is 19.8 Å². The molecule has 2 aromatic rings. The molecule has 0 saturated carbocycles. The Labute approximate surface area is 142 Å². The summed E-state index contributed by atoms with van der Waals surface area (Å²) >= 11 is 0. The van der Waals surface area contributed by atoms with E-state index in [0.29, 0.717) is 6.61 Å². The second kappa shape index (κ2) is 7.32. The summed E-state index contributed by atoms with van der Waals surface area (Å²) in [6.45, 7) is 2.50. The molecule has 0 spiro atoms. The van der Waals surface area contributed by atoms with Crippen molar-refractivity contribution < 1.29 is 14.3 Å². The zero-order valence-corrected chi connectivity index (χ0v) is 13.9. The highest BCUT2D eigenvalue weighted by atomic mass is 16.5. The monoisotopic (exact) mass is 323 g/mol. The fourth-order valence-electron chi connectivity index (χ4n) is 3.00. The summed E-state index contributed by atoms with van der Waals surface area (Å²) in [5.41, 5.74) is 3.06. The van der Waals surface area contributed by atoms with Crippen LogP contribution in [-0.2, 0) is 14.3 Å². The quantitative estimate of drug-likeness (QED) is 0.633. The summed E-state index contributed by atoms with van der Waals surface area (Å²) < 4.78 is 10.8. The van der Waals surface area contributed by atoms with Crippen molar-refractivity contribution in [2.45, 2.75) is 19.2 Å². The molecule has 0 aromatic heterocycles. The maximum Gasteiger partial charge on any atom is 0.332 e. The molecule has 1 unspecified atom stereocenters. The Bertz CT molecular complexity index is 712. The number of hydrogen-bond acceptors (Lipinski definition) is 4. The molecule has 0 bridgehead atoms. The average molecular weight is 323 g/mol. The van der Waals surface area contributed by atoms with Crippen molar-refractivity contribution in [3.63, 3.8) is 0 Å². The lowest BCUT2D eigenvalue weighted by molar-refractivity contribution is -0.135. The normalized spacial score (nSPS) is 20.2. The molecule has 0 amide bonds. The van der Waals surface area contributed by atoms with Crippen LogP contribution in [0.1, 0.15) is 30.3 Å². The Morgan fingerprint density at radius 3 is 2.42 bits per heavy atom. The van der Waals surface area contributed by atoms with Crippen molar-refractivity contribution in [3.8, 4) is 0 Å². The van der Waals surface area contributed by atoms with Crippen LogP contribution in [0.5, 0.6) is 0 Å². The number of esters is 1. The maximum atomic E-state index is 11.7. The van der Waals surface area contributed by atoms with Gasteiger partial charge in [-0.05, 0) is 12.5 Å². The molecule has 3 rings (SSSR count). The smallest absolute Gasteiger partial charge is 0.332 e. The number of methoxy groups -OCH3 is 1. The molecular weight excluding hydrogens is 302 g/mol. The van der Waals surface area contributed by atoms with Gasteiger partial charge in [0.2, 0.25) is 0 Å². The highest BCUT2D eigenvalue weighted by Crippen LogP contribution is 2.39. The van der Waals surface area contributed by atoms with Gasteiger partial charge >= 0.3 is 5.97 Å². The van der Waals surface area contributed by atoms with Gasteiger partial charge < -0.3 is 14.4 Å². The molecule has 4 heteroatoms. The van der Waals surface area contributed by atoms with E-state index in [9.17, 15) is 4.79 Å². The first-order valence-electron chi connectivity index (χ1n) is 7.99. The average Bonchev–Trinajstić information content (AvgIpc) is 3.05. The van der Waals surface area contributed by atoms with Gasteiger partial charge in [-0.1, -0.05) is 60.7 Å². The topological polar surface area (TPSA) is 38.8 Å². The standard InChI is InChI=1S/C20H21NO3/c1-15(16-9-5-3-6-10-16)21-18(13-19(22)23-2)14-24-20(21)17-11-7-4-8-12-17/h3-13,15,20H,14H2,1-2H3/b18-13+/t15-,20?/m0/s1. The number of carbonyl (C=O) groups is 1. The molecule has 0 aliphatic carbocycles. The van der Waals surface area contributed by atoms with Crippen LogP contribution in [0.15, 0.2) is 72.4 Å². The van der Waals surface area contributed by atoms with E-state index in [0.717, 1.165) is 11.3 Å². The number of carbonyl (C=O) groups excluding carboxylic acids is 1. The number of ether oxygens (including phenoxy) is 2. The molecule has 1 aliphatic heterocycles. The van der Waals surface area contributed by atoms with Gasteiger partial charge in [0.15, 0.2) is 6.23 Å². The predicted octanol–water partition coefficient (Wildman–Crippen LogP) is 3.84. The van der Waals surface area contributed by atoms with Crippen LogP contribution in [0.4, 0.5) is 0 Å². The van der Waals surface area contributed by atoms with Gasteiger partial charge in [-0.3, -0.25) is 0 Å². The minimum atomic E-state index is -0.368. The molecule has 1 fully saturated rings. The van der Waals surface area contributed by atoms with E-state index in [2.05, 4.69) is 24.0 Å². The molecule has 1 aliphatic rings. The Hall–Kier alpha value is -2.59. The van der Waals surface area contributed by atoms with E-state index in [1.54, 1.807) is 0 Å².